The van der Waals surface area contributed by atoms with Crippen LogP contribution >= 0.6 is 24.0 Å². The first kappa shape index (κ1) is 23.2. The van der Waals surface area contributed by atoms with E-state index in [2.05, 4.69) is 72.5 Å². The Labute approximate surface area is 165 Å². The van der Waals surface area contributed by atoms with Gasteiger partial charge in [0.25, 0.3) is 0 Å². The minimum absolute atomic E-state index is 0. The summed E-state index contributed by atoms with van der Waals surface area (Å²) in [7, 11) is 0. The van der Waals surface area contributed by atoms with Crippen LogP contribution in [0.5, 0.6) is 0 Å². The fraction of sp³-hybridized carbons (Fsp3) is 0.632. The van der Waals surface area contributed by atoms with E-state index in [-0.39, 0.29) is 24.0 Å². The lowest BCUT2D eigenvalue weighted by molar-refractivity contribution is 0.297. The van der Waals surface area contributed by atoms with Crippen LogP contribution in [0.25, 0.3) is 0 Å². The van der Waals surface area contributed by atoms with E-state index in [4.69, 9.17) is 0 Å². The van der Waals surface area contributed by atoms with E-state index in [0.29, 0.717) is 0 Å². The lowest BCUT2D eigenvalue weighted by Gasteiger charge is -2.18. The number of benzene rings is 1. The van der Waals surface area contributed by atoms with Crippen molar-refractivity contribution in [1.82, 2.24) is 15.5 Å². The minimum atomic E-state index is 0. The highest BCUT2D eigenvalue weighted by Crippen LogP contribution is 2.05. The molecule has 0 radical (unpaired) electrons. The molecule has 138 valence electrons. The van der Waals surface area contributed by atoms with Crippen LogP contribution in [0.4, 0.5) is 0 Å². The normalized spacial score (nSPS) is 11.3. The van der Waals surface area contributed by atoms with Crippen LogP contribution in [0.1, 0.15) is 44.7 Å². The van der Waals surface area contributed by atoms with Gasteiger partial charge in [0, 0.05) is 13.1 Å². The van der Waals surface area contributed by atoms with Gasteiger partial charge < -0.3 is 15.5 Å². The molecule has 0 spiro atoms. The van der Waals surface area contributed by atoms with E-state index in [1.165, 1.54) is 30.5 Å². The monoisotopic (exact) mass is 446 g/mol. The number of rotatable bonds is 10. The standard InChI is InChI=1S/C19H34N4.HI/c1-5-20-19(21-13-8-9-14-23(6-2)7-3)22-16-18-12-10-11-17(4)15-18;/h10-12,15H,5-9,13-14,16H2,1-4H3,(H2,20,21,22);1H. The van der Waals surface area contributed by atoms with Crippen LogP contribution in [0.15, 0.2) is 29.3 Å². The van der Waals surface area contributed by atoms with Gasteiger partial charge in [-0.05, 0) is 51.9 Å². The number of nitrogens with one attached hydrogen (secondary N) is 2. The van der Waals surface area contributed by atoms with E-state index in [1.807, 2.05) is 0 Å². The molecule has 1 aromatic carbocycles. The molecule has 0 aromatic heterocycles. The van der Waals surface area contributed by atoms with Gasteiger partial charge in [-0.15, -0.1) is 24.0 Å². The SMILES string of the molecule is CCNC(=NCc1cccc(C)c1)NCCCCN(CC)CC.I. The maximum Gasteiger partial charge on any atom is 0.191 e. The summed E-state index contributed by atoms with van der Waals surface area (Å²) in [5.41, 5.74) is 2.54. The number of aryl methyl sites for hydroxylation is 1. The van der Waals surface area contributed by atoms with Gasteiger partial charge in [-0.2, -0.15) is 0 Å². The van der Waals surface area contributed by atoms with Crippen molar-refractivity contribution in [2.75, 3.05) is 32.7 Å². The fourth-order valence-corrected chi connectivity index (χ4v) is 2.53. The molecule has 0 unspecified atom stereocenters. The molecule has 0 saturated carbocycles. The quantitative estimate of drug-likeness (QED) is 0.249. The van der Waals surface area contributed by atoms with Gasteiger partial charge in [0.05, 0.1) is 6.54 Å². The van der Waals surface area contributed by atoms with Gasteiger partial charge >= 0.3 is 0 Å². The predicted molar refractivity (Wildman–Crippen MR) is 116 cm³/mol. The van der Waals surface area contributed by atoms with Gasteiger partial charge in [-0.25, -0.2) is 4.99 Å². The zero-order valence-electron chi connectivity index (χ0n) is 15.8. The first-order valence-corrected chi connectivity index (χ1v) is 8.99. The number of unbranched alkanes of at least 4 members (excludes halogenated alkanes) is 1. The topological polar surface area (TPSA) is 39.7 Å². The molecule has 5 heteroatoms. The number of halogens is 1. The number of hydrogen-bond donors (Lipinski definition) is 2. The van der Waals surface area contributed by atoms with Crippen molar-refractivity contribution in [3.05, 3.63) is 35.4 Å². The van der Waals surface area contributed by atoms with Crippen molar-refractivity contribution < 1.29 is 0 Å². The molecular formula is C19H35IN4. The van der Waals surface area contributed by atoms with Crippen LogP contribution in [-0.4, -0.2) is 43.6 Å². The highest BCUT2D eigenvalue weighted by molar-refractivity contribution is 14.0. The molecule has 0 fully saturated rings. The van der Waals surface area contributed by atoms with E-state index < -0.39 is 0 Å². The molecule has 0 aliphatic rings. The third-order valence-corrected chi connectivity index (χ3v) is 3.93. The molecule has 2 N–H and O–H groups in total. The van der Waals surface area contributed by atoms with Crippen molar-refractivity contribution in [3.63, 3.8) is 0 Å². The summed E-state index contributed by atoms with van der Waals surface area (Å²) in [6.45, 7) is 14.7. The van der Waals surface area contributed by atoms with Crippen LogP contribution < -0.4 is 10.6 Å². The Morgan fingerprint density at radius 3 is 2.46 bits per heavy atom. The molecule has 24 heavy (non-hydrogen) atoms. The minimum Gasteiger partial charge on any atom is -0.357 e. The highest BCUT2D eigenvalue weighted by atomic mass is 127. The first-order chi connectivity index (χ1) is 11.2. The van der Waals surface area contributed by atoms with Crippen molar-refractivity contribution in [2.45, 2.75) is 47.1 Å². The molecule has 1 aromatic rings. The van der Waals surface area contributed by atoms with E-state index >= 15 is 0 Å². The molecule has 1 rings (SSSR count). The second-order valence-electron chi connectivity index (χ2n) is 5.84. The molecule has 0 saturated heterocycles. The molecule has 0 aliphatic heterocycles. The van der Waals surface area contributed by atoms with E-state index in [1.54, 1.807) is 0 Å². The molecule has 0 aliphatic carbocycles. The number of nitrogens with zero attached hydrogens (tertiary/aromatic N) is 2. The molecule has 4 nitrogen and oxygen atoms in total. The summed E-state index contributed by atoms with van der Waals surface area (Å²) in [6, 6.07) is 8.53. The molecule has 0 atom stereocenters. The Kier molecular flexibility index (Phi) is 14.0. The number of guanidine groups is 1. The van der Waals surface area contributed by atoms with Crippen LogP contribution in [0.2, 0.25) is 0 Å². The molecule has 0 bridgehead atoms. The summed E-state index contributed by atoms with van der Waals surface area (Å²) < 4.78 is 0. The lowest BCUT2D eigenvalue weighted by Crippen LogP contribution is -2.38. The summed E-state index contributed by atoms with van der Waals surface area (Å²) in [4.78, 5) is 7.14. The second kappa shape index (κ2) is 14.5. The van der Waals surface area contributed by atoms with Gasteiger partial charge in [0.15, 0.2) is 5.96 Å². The Hall–Kier alpha value is -0.820. The summed E-state index contributed by atoms with van der Waals surface area (Å²) in [5.74, 6) is 0.914. The van der Waals surface area contributed by atoms with E-state index in [9.17, 15) is 0 Å². The van der Waals surface area contributed by atoms with Gasteiger partial charge in [-0.3, -0.25) is 0 Å². The van der Waals surface area contributed by atoms with Gasteiger partial charge in [0.2, 0.25) is 0 Å². The summed E-state index contributed by atoms with van der Waals surface area (Å²) in [6.07, 6.45) is 2.40. The molecular weight excluding hydrogens is 411 g/mol. The van der Waals surface area contributed by atoms with Crippen molar-refractivity contribution >= 4 is 29.9 Å². The Balaban J connectivity index is 0.00000529. The van der Waals surface area contributed by atoms with Crippen LogP contribution in [0, 0.1) is 6.92 Å². The predicted octanol–water partition coefficient (Wildman–Crippen LogP) is 3.79. The molecule has 0 heterocycles. The first-order valence-electron chi connectivity index (χ1n) is 8.99. The molecule has 0 amide bonds. The van der Waals surface area contributed by atoms with E-state index in [0.717, 1.165) is 38.7 Å². The summed E-state index contributed by atoms with van der Waals surface area (Å²) >= 11 is 0. The Morgan fingerprint density at radius 1 is 1.08 bits per heavy atom. The van der Waals surface area contributed by atoms with Crippen molar-refractivity contribution in [1.29, 1.82) is 0 Å². The fourth-order valence-electron chi connectivity index (χ4n) is 2.53. The lowest BCUT2D eigenvalue weighted by atomic mass is 10.1. The van der Waals surface area contributed by atoms with Crippen LogP contribution in [0.3, 0.4) is 0 Å². The highest BCUT2D eigenvalue weighted by Gasteiger charge is 2.00. The smallest absolute Gasteiger partial charge is 0.191 e. The maximum absolute atomic E-state index is 4.67. The van der Waals surface area contributed by atoms with Crippen molar-refractivity contribution in [3.8, 4) is 0 Å². The average molecular weight is 446 g/mol. The largest absolute Gasteiger partial charge is 0.357 e. The maximum atomic E-state index is 4.67. The third kappa shape index (κ3) is 10.1. The third-order valence-electron chi connectivity index (χ3n) is 3.93. The zero-order valence-corrected chi connectivity index (χ0v) is 18.1. The Morgan fingerprint density at radius 2 is 1.83 bits per heavy atom. The number of aliphatic imine (C=N–C) groups is 1. The van der Waals surface area contributed by atoms with Gasteiger partial charge in [0.1, 0.15) is 0 Å². The second-order valence-corrected chi connectivity index (χ2v) is 5.84. The van der Waals surface area contributed by atoms with Crippen molar-refractivity contribution in [2.24, 2.45) is 4.99 Å². The van der Waals surface area contributed by atoms with Gasteiger partial charge in [-0.1, -0.05) is 43.7 Å². The zero-order chi connectivity index (χ0) is 16.9. The number of hydrogen-bond acceptors (Lipinski definition) is 2. The Bertz CT molecular complexity index is 458. The average Bonchev–Trinajstić information content (AvgIpc) is 2.56. The summed E-state index contributed by atoms with van der Waals surface area (Å²) in [5, 5.41) is 6.75. The van der Waals surface area contributed by atoms with Crippen LogP contribution in [-0.2, 0) is 6.54 Å².